The molecule has 0 radical (unpaired) electrons. The molecule has 30 heavy (non-hydrogen) atoms. The highest BCUT2D eigenvalue weighted by Crippen LogP contribution is 2.39. The normalized spacial score (nSPS) is 18.3. The molecule has 0 aliphatic carbocycles. The minimum Gasteiger partial charge on any atom is -0.381 e. The molecule has 1 aromatic carbocycles. The van der Waals surface area contributed by atoms with E-state index in [-0.39, 0.29) is 5.91 Å². The Morgan fingerprint density at radius 1 is 1.30 bits per heavy atom. The van der Waals surface area contributed by atoms with Gasteiger partial charge in [-0.1, -0.05) is 12.6 Å². The maximum absolute atomic E-state index is 12.2. The van der Waals surface area contributed by atoms with Crippen LogP contribution < -0.4 is 10.6 Å². The minimum absolute atomic E-state index is 0.00264. The second-order valence-electron chi connectivity index (χ2n) is 8.35. The van der Waals surface area contributed by atoms with Crippen molar-refractivity contribution in [2.24, 2.45) is 5.92 Å². The van der Waals surface area contributed by atoms with E-state index in [1.54, 1.807) is 10.7 Å². The van der Waals surface area contributed by atoms with Crippen LogP contribution in [0.2, 0.25) is 0 Å². The Balaban J connectivity index is 1.43. The predicted molar refractivity (Wildman–Crippen MR) is 115 cm³/mol. The van der Waals surface area contributed by atoms with Gasteiger partial charge >= 0.3 is 0 Å². The molecule has 0 bridgehead atoms. The molecule has 1 saturated heterocycles. The van der Waals surface area contributed by atoms with Crippen LogP contribution in [-0.2, 0) is 14.9 Å². The number of benzene rings is 1. The molecule has 1 amide bonds. The molecular formula is C22H24N6O2. The molecule has 0 atom stereocenters. The largest absolute Gasteiger partial charge is 0.381 e. The Labute approximate surface area is 174 Å². The fourth-order valence-electron chi connectivity index (χ4n) is 4.12. The highest BCUT2D eigenvalue weighted by Gasteiger charge is 2.38. The van der Waals surface area contributed by atoms with Gasteiger partial charge in [-0.15, -0.1) is 5.10 Å². The van der Waals surface area contributed by atoms with Gasteiger partial charge in [-0.3, -0.25) is 4.79 Å². The van der Waals surface area contributed by atoms with Crippen LogP contribution >= 0.6 is 0 Å². The molecule has 0 spiro atoms. The van der Waals surface area contributed by atoms with Crippen LogP contribution in [0, 0.1) is 5.92 Å². The summed E-state index contributed by atoms with van der Waals surface area (Å²) < 4.78 is 7.20. The Bertz CT molecular complexity index is 1160. The third-order valence-electron chi connectivity index (χ3n) is 6.02. The van der Waals surface area contributed by atoms with Gasteiger partial charge in [0.1, 0.15) is 0 Å². The van der Waals surface area contributed by atoms with E-state index >= 15 is 0 Å². The smallest absolute Gasteiger partial charge is 0.247 e. The van der Waals surface area contributed by atoms with Crippen molar-refractivity contribution in [3.05, 3.63) is 48.4 Å². The number of allylic oxidation sites excluding steroid dienone is 1. The van der Waals surface area contributed by atoms with E-state index in [0.29, 0.717) is 17.5 Å². The van der Waals surface area contributed by atoms with Crippen LogP contribution in [0.1, 0.15) is 38.1 Å². The standard InChI is InChI=1S/C22H24N6O2/c1-13(14-7-10-30-11-8-14)19-23-9-6-18-26-21(27-28(18)19)24-15-4-5-16-17(12-15)25-20(29)22(16,2)3/h4-6,9,12,14H,1,7-8,10-11H2,2-3H3,(H,24,27)(H,25,29). The molecule has 2 aromatic heterocycles. The molecule has 2 aliphatic rings. The van der Waals surface area contributed by atoms with Crippen LogP contribution in [0.5, 0.6) is 0 Å². The highest BCUT2D eigenvalue weighted by molar-refractivity contribution is 6.06. The van der Waals surface area contributed by atoms with E-state index in [9.17, 15) is 4.79 Å². The van der Waals surface area contributed by atoms with E-state index in [1.807, 2.05) is 38.1 Å². The number of anilines is 3. The van der Waals surface area contributed by atoms with Crippen molar-refractivity contribution in [3.63, 3.8) is 0 Å². The molecule has 3 aromatic rings. The summed E-state index contributed by atoms with van der Waals surface area (Å²) in [6, 6.07) is 7.64. The number of rotatable bonds is 4. The number of nitrogens with one attached hydrogen (secondary N) is 2. The van der Waals surface area contributed by atoms with E-state index < -0.39 is 5.41 Å². The van der Waals surface area contributed by atoms with Crippen LogP contribution in [0.25, 0.3) is 11.2 Å². The molecule has 2 N–H and O–H groups in total. The molecule has 0 saturated carbocycles. The second kappa shape index (κ2) is 6.91. The number of hydrogen-bond donors (Lipinski definition) is 2. The van der Waals surface area contributed by atoms with E-state index in [0.717, 1.165) is 54.4 Å². The van der Waals surface area contributed by atoms with E-state index in [4.69, 9.17) is 4.74 Å². The number of ether oxygens (including phenoxy) is 1. The van der Waals surface area contributed by atoms with Gasteiger partial charge in [-0.2, -0.15) is 9.50 Å². The molecule has 5 rings (SSSR count). The topological polar surface area (TPSA) is 93.4 Å². The minimum atomic E-state index is -0.527. The van der Waals surface area contributed by atoms with Gasteiger partial charge in [0, 0.05) is 36.9 Å². The van der Waals surface area contributed by atoms with Gasteiger partial charge in [0.25, 0.3) is 0 Å². The third-order valence-corrected chi connectivity index (χ3v) is 6.02. The highest BCUT2D eigenvalue weighted by atomic mass is 16.5. The zero-order valence-corrected chi connectivity index (χ0v) is 17.1. The summed E-state index contributed by atoms with van der Waals surface area (Å²) in [6.07, 6.45) is 3.61. The molecule has 8 heteroatoms. The van der Waals surface area contributed by atoms with Crippen molar-refractivity contribution in [1.29, 1.82) is 0 Å². The first-order chi connectivity index (χ1) is 14.4. The van der Waals surface area contributed by atoms with Gasteiger partial charge in [0.05, 0.1) is 5.41 Å². The average molecular weight is 404 g/mol. The summed E-state index contributed by atoms with van der Waals surface area (Å²) in [7, 11) is 0. The lowest BCUT2D eigenvalue weighted by Gasteiger charge is -2.23. The first-order valence-electron chi connectivity index (χ1n) is 10.2. The summed E-state index contributed by atoms with van der Waals surface area (Å²) in [5.41, 5.74) is 3.74. The fourth-order valence-corrected chi connectivity index (χ4v) is 4.12. The van der Waals surface area contributed by atoms with Crippen LogP contribution in [0.3, 0.4) is 0 Å². The van der Waals surface area contributed by atoms with E-state index in [1.165, 1.54) is 0 Å². The lowest BCUT2D eigenvalue weighted by molar-refractivity contribution is -0.119. The molecule has 4 heterocycles. The molecular weight excluding hydrogens is 380 g/mol. The first-order valence-corrected chi connectivity index (χ1v) is 10.2. The number of hydrogen-bond acceptors (Lipinski definition) is 6. The maximum atomic E-state index is 12.2. The van der Waals surface area contributed by atoms with Crippen molar-refractivity contribution in [2.45, 2.75) is 32.1 Å². The second-order valence-corrected chi connectivity index (χ2v) is 8.35. The zero-order valence-electron chi connectivity index (χ0n) is 17.1. The predicted octanol–water partition coefficient (Wildman–Crippen LogP) is 3.54. The van der Waals surface area contributed by atoms with Crippen LogP contribution in [0.15, 0.2) is 37.0 Å². The van der Waals surface area contributed by atoms with Crippen molar-refractivity contribution < 1.29 is 9.53 Å². The van der Waals surface area contributed by atoms with Gasteiger partial charge in [0.15, 0.2) is 11.5 Å². The van der Waals surface area contributed by atoms with Crippen LogP contribution in [-0.4, -0.2) is 38.7 Å². The third kappa shape index (κ3) is 3.04. The monoisotopic (exact) mass is 404 g/mol. The maximum Gasteiger partial charge on any atom is 0.247 e. The Kier molecular flexibility index (Phi) is 4.32. The molecule has 2 aliphatic heterocycles. The van der Waals surface area contributed by atoms with Crippen molar-refractivity contribution >= 4 is 34.5 Å². The summed E-state index contributed by atoms with van der Waals surface area (Å²) in [5.74, 6) is 1.53. The SMILES string of the molecule is C=C(c1nccc2nc(Nc3ccc4c(c3)NC(=O)C4(C)C)nn12)C1CCOCC1. The lowest BCUT2D eigenvalue weighted by Crippen LogP contribution is -2.26. The van der Waals surface area contributed by atoms with E-state index in [2.05, 4.69) is 32.3 Å². The van der Waals surface area contributed by atoms with Crippen LogP contribution in [0.4, 0.5) is 17.3 Å². The van der Waals surface area contributed by atoms with Gasteiger partial charge in [-0.25, -0.2) is 4.98 Å². The van der Waals surface area contributed by atoms with Gasteiger partial charge in [0.2, 0.25) is 11.9 Å². The number of fused-ring (bicyclic) bond motifs is 2. The number of carbonyl (C=O) groups is 1. The Morgan fingerprint density at radius 2 is 2.10 bits per heavy atom. The summed E-state index contributed by atoms with van der Waals surface area (Å²) in [4.78, 5) is 21.3. The summed E-state index contributed by atoms with van der Waals surface area (Å²) in [5, 5.41) is 10.8. The zero-order chi connectivity index (χ0) is 20.9. The molecule has 1 fully saturated rings. The van der Waals surface area contributed by atoms with Gasteiger partial charge in [-0.05, 0) is 55.9 Å². The molecule has 8 nitrogen and oxygen atoms in total. The quantitative estimate of drug-likeness (QED) is 0.691. The number of carbonyl (C=O) groups excluding carboxylic acids is 1. The fraction of sp³-hybridized carbons (Fsp3) is 0.364. The summed E-state index contributed by atoms with van der Waals surface area (Å²) in [6.45, 7) is 9.62. The number of nitrogens with zero attached hydrogens (tertiary/aromatic N) is 4. The molecule has 0 unspecified atom stereocenters. The summed E-state index contributed by atoms with van der Waals surface area (Å²) >= 11 is 0. The lowest BCUT2D eigenvalue weighted by atomic mass is 9.86. The van der Waals surface area contributed by atoms with Crippen molar-refractivity contribution in [3.8, 4) is 0 Å². The van der Waals surface area contributed by atoms with Crippen molar-refractivity contribution in [2.75, 3.05) is 23.8 Å². The first kappa shape index (κ1) is 18.7. The Hall–Kier alpha value is -3.26. The molecule has 154 valence electrons. The van der Waals surface area contributed by atoms with Gasteiger partial charge < -0.3 is 15.4 Å². The Morgan fingerprint density at radius 3 is 2.90 bits per heavy atom. The number of amides is 1. The number of aromatic nitrogens is 4. The van der Waals surface area contributed by atoms with Crippen molar-refractivity contribution in [1.82, 2.24) is 19.6 Å². The average Bonchev–Trinajstić information content (AvgIpc) is 3.25.